The molecule has 1 fully saturated rings. The van der Waals surface area contributed by atoms with Crippen LogP contribution in [0.1, 0.15) is 38.2 Å². The van der Waals surface area contributed by atoms with Crippen molar-refractivity contribution in [2.75, 3.05) is 26.9 Å². The van der Waals surface area contributed by atoms with Crippen LogP contribution in [-0.2, 0) is 14.9 Å². The minimum Gasteiger partial charge on any atom is -0.497 e. The van der Waals surface area contributed by atoms with E-state index in [9.17, 15) is 4.79 Å². The van der Waals surface area contributed by atoms with Crippen molar-refractivity contribution in [3.8, 4) is 5.75 Å². The fourth-order valence-electron chi connectivity index (χ4n) is 2.86. The van der Waals surface area contributed by atoms with Crippen LogP contribution >= 0.6 is 0 Å². The molecule has 1 amide bonds. The van der Waals surface area contributed by atoms with Gasteiger partial charge < -0.3 is 14.8 Å². The van der Waals surface area contributed by atoms with E-state index in [2.05, 4.69) is 17.4 Å². The van der Waals surface area contributed by atoms with Gasteiger partial charge in [-0.15, -0.1) is 0 Å². The van der Waals surface area contributed by atoms with E-state index in [1.54, 1.807) is 7.11 Å². The molecular weight excluding hydrogens is 266 g/mol. The molecule has 0 bridgehead atoms. The Morgan fingerprint density at radius 1 is 1.29 bits per heavy atom. The molecule has 1 N–H and O–H groups in total. The summed E-state index contributed by atoms with van der Waals surface area (Å²) in [5.41, 5.74) is 1.23. The lowest BCUT2D eigenvalue weighted by Crippen LogP contribution is -2.44. The quantitative estimate of drug-likeness (QED) is 0.876. The second-order valence-corrected chi connectivity index (χ2v) is 5.65. The summed E-state index contributed by atoms with van der Waals surface area (Å²) in [6.07, 6.45) is 3.34. The number of ether oxygens (including phenoxy) is 2. The van der Waals surface area contributed by atoms with Gasteiger partial charge in [-0.1, -0.05) is 19.1 Å². The van der Waals surface area contributed by atoms with Gasteiger partial charge in [-0.25, -0.2) is 0 Å². The maximum Gasteiger partial charge on any atom is 0.220 e. The number of hydrogen-bond acceptors (Lipinski definition) is 3. The van der Waals surface area contributed by atoms with Gasteiger partial charge in [-0.2, -0.15) is 0 Å². The first kappa shape index (κ1) is 15.8. The molecule has 1 aromatic carbocycles. The normalized spacial score (nSPS) is 17.2. The van der Waals surface area contributed by atoms with Crippen molar-refractivity contribution in [1.29, 1.82) is 0 Å². The molecule has 1 aliphatic heterocycles. The van der Waals surface area contributed by atoms with Crippen LogP contribution < -0.4 is 10.1 Å². The Labute approximate surface area is 126 Å². The third-order valence-electron chi connectivity index (χ3n) is 4.25. The van der Waals surface area contributed by atoms with Crippen LogP contribution in [0.3, 0.4) is 0 Å². The van der Waals surface area contributed by atoms with Crippen LogP contribution in [-0.4, -0.2) is 32.8 Å². The molecule has 1 aliphatic rings. The first-order valence-corrected chi connectivity index (χ1v) is 7.69. The lowest BCUT2D eigenvalue weighted by atomic mass is 9.74. The molecule has 0 aromatic heterocycles. The van der Waals surface area contributed by atoms with Crippen molar-refractivity contribution in [2.24, 2.45) is 0 Å². The standard InChI is InChI=1S/C17H25NO3/c1-3-4-16(19)18-13-17(9-11-21-12-10-17)14-5-7-15(20-2)8-6-14/h5-8H,3-4,9-13H2,1-2H3,(H,18,19). The maximum absolute atomic E-state index is 11.8. The smallest absolute Gasteiger partial charge is 0.220 e. The molecule has 2 rings (SSSR count). The SMILES string of the molecule is CCCC(=O)NCC1(c2ccc(OC)cc2)CCOCC1. The zero-order valence-corrected chi connectivity index (χ0v) is 13.0. The van der Waals surface area contributed by atoms with Crippen molar-refractivity contribution in [1.82, 2.24) is 5.32 Å². The first-order chi connectivity index (χ1) is 10.2. The Bertz CT molecular complexity index is 450. The van der Waals surface area contributed by atoms with Crippen molar-refractivity contribution in [3.63, 3.8) is 0 Å². The van der Waals surface area contributed by atoms with E-state index in [4.69, 9.17) is 9.47 Å². The summed E-state index contributed by atoms with van der Waals surface area (Å²) in [4.78, 5) is 11.8. The summed E-state index contributed by atoms with van der Waals surface area (Å²) >= 11 is 0. The summed E-state index contributed by atoms with van der Waals surface area (Å²) in [5, 5.41) is 3.10. The molecule has 1 saturated heterocycles. The van der Waals surface area contributed by atoms with Crippen molar-refractivity contribution in [3.05, 3.63) is 29.8 Å². The fraction of sp³-hybridized carbons (Fsp3) is 0.588. The summed E-state index contributed by atoms with van der Waals surface area (Å²) < 4.78 is 10.7. The number of carbonyl (C=O) groups excluding carboxylic acids is 1. The molecule has 21 heavy (non-hydrogen) atoms. The topological polar surface area (TPSA) is 47.6 Å². The number of benzene rings is 1. The van der Waals surface area contributed by atoms with Gasteiger partial charge in [0.15, 0.2) is 0 Å². The highest BCUT2D eigenvalue weighted by atomic mass is 16.5. The van der Waals surface area contributed by atoms with Crippen LogP contribution in [0.15, 0.2) is 24.3 Å². The molecule has 0 radical (unpaired) electrons. The Balaban J connectivity index is 2.13. The first-order valence-electron chi connectivity index (χ1n) is 7.69. The lowest BCUT2D eigenvalue weighted by Gasteiger charge is -2.38. The molecule has 4 nitrogen and oxygen atoms in total. The average molecular weight is 291 g/mol. The molecule has 0 spiro atoms. The molecule has 0 unspecified atom stereocenters. The molecule has 0 atom stereocenters. The Hall–Kier alpha value is -1.55. The van der Waals surface area contributed by atoms with E-state index >= 15 is 0 Å². The number of methoxy groups -OCH3 is 1. The zero-order valence-electron chi connectivity index (χ0n) is 13.0. The molecule has 1 heterocycles. The van der Waals surface area contributed by atoms with Crippen LogP contribution in [0.2, 0.25) is 0 Å². The fourth-order valence-corrected chi connectivity index (χ4v) is 2.86. The monoisotopic (exact) mass is 291 g/mol. The second kappa shape index (κ2) is 7.46. The van der Waals surface area contributed by atoms with E-state index in [0.29, 0.717) is 13.0 Å². The van der Waals surface area contributed by atoms with Crippen LogP contribution in [0.5, 0.6) is 5.75 Å². The summed E-state index contributed by atoms with van der Waals surface area (Å²) in [6, 6.07) is 8.19. The van der Waals surface area contributed by atoms with Crippen molar-refractivity contribution >= 4 is 5.91 Å². The average Bonchev–Trinajstić information content (AvgIpc) is 2.54. The highest BCUT2D eigenvalue weighted by Crippen LogP contribution is 2.35. The number of carbonyl (C=O) groups is 1. The Morgan fingerprint density at radius 3 is 2.52 bits per heavy atom. The highest BCUT2D eigenvalue weighted by Gasteiger charge is 2.34. The highest BCUT2D eigenvalue weighted by molar-refractivity contribution is 5.75. The molecule has 0 aliphatic carbocycles. The Morgan fingerprint density at radius 2 is 1.95 bits per heavy atom. The second-order valence-electron chi connectivity index (χ2n) is 5.65. The molecule has 0 saturated carbocycles. The number of nitrogens with one attached hydrogen (secondary N) is 1. The summed E-state index contributed by atoms with van der Waals surface area (Å²) in [5.74, 6) is 0.993. The van der Waals surface area contributed by atoms with Gasteiger partial charge in [-0.3, -0.25) is 4.79 Å². The number of hydrogen-bond donors (Lipinski definition) is 1. The minimum absolute atomic E-state index is 0.0199. The lowest BCUT2D eigenvalue weighted by molar-refractivity contribution is -0.121. The molecule has 116 valence electrons. The third kappa shape index (κ3) is 3.97. The van der Waals surface area contributed by atoms with Gasteiger partial charge in [-0.05, 0) is 37.0 Å². The van der Waals surface area contributed by atoms with Crippen molar-refractivity contribution in [2.45, 2.75) is 38.0 Å². The van der Waals surface area contributed by atoms with Gasteiger partial charge in [0.25, 0.3) is 0 Å². The van der Waals surface area contributed by atoms with E-state index < -0.39 is 0 Å². The predicted molar refractivity (Wildman–Crippen MR) is 82.6 cm³/mol. The number of amides is 1. The minimum atomic E-state index is -0.0199. The van der Waals surface area contributed by atoms with Gasteiger partial charge >= 0.3 is 0 Å². The van der Waals surface area contributed by atoms with E-state index in [1.165, 1.54) is 5.56 Å². The summed E-state index contributed by atoms with van der Waals surface area (Å²) in [6.45, 7) is 4.19. The zero-order chi connectivity index (χ0) is 15.1. The largest absolute Gasteiger partial charge is 0.497 e. The predicted octanol–water partition coefficient (Wildman–Crippen LogP) is 2.66. The van der Waals surface area contributed by atoms with Crippen LogP contribution in [0, 0.1) is 0 Å². The molecule has 1 aromatic rings. The van der Waals surface area contributed by atoms with E-state index in [-0.39, 0.29) is 11.3 Å². The van der Waals surface area contributed by atoms with Gasteiger partial charge in [0.1, 0.15) is 5.75 Å². The third-order valence-corrected chi connectivity index (χ3v) is 4.25. The van der Waals surface area contributed by atoms with Gasteiger partial charge in [0.05, 0.1) is 7.11 Å². The maximum atomic E-state index is 11.8. The van der Waals surface area contributed by atoms with Crippen LogP contribution in [0.4, 0.5) is 0 Å². The van der Waals surface area contributed by atoms with Gasteiger partial charge in [0.2, 0.25) is 5.91 Å². The van der Waals surface area contributed by atoms with Crippen LogP contribution in [0.25, 0.3) is 0 Å². The summed E-state index contributed by atoms with van der Waals surface area (Å²) in [7, 11) is 1.67. The number of rotatable bonds is 6. The van der Waals surface area contributed by atoms with Gasteiger partial charge in [0, 0.05) is 31.6 Å². The van der Waals surface area contributed by atoms with E-state index in [1.807, 2.05) is 19.1 Å². The Kier molecular flexibility index (Phi) is 5.62. The molecular formula is C17H25NO3. The van der Waals surface area contributed by atoms with E-state index in [0.717, 1.165) is 38.2 Å². The van der Waals surface area contributed by atoms with Crippen molar-refractivity contribution < 1.29 is 14.3 Å². The molecule has 4 heteroatoms.